The number of nitrogens with one attached hydrogen (secondary N) is 1. The number of benzene rings is 2. The van der Waals surface area contributed by atoms with Crippen molar-refractivity contribution in [3.8, 4) is 11.5 Å². The van der Waals surface area contributed by atoms with E-state index < -0.39 is 0 Å². The number of nitrogens with zero attached hydrogens (tertiary/aromatic N) is 1. The average Bonchev–Trinajstić information content (AvgIpc) is 3.24. The number of aromatic nitrogens is 2. The highest BCUT2D eigenvalue weighted by Gasteiger charge is 2.15. The SMILES string of the molecule is COc1ccc(C(Cc2ncc[nH]2)OCCCc2ccccc2OC)cc1. The summed E-state index contributed by atoms with van der Waals surface area (Å²) >= 11 is 0. The van der Waals surface area contributed by atoms with Gasteiger partial charge >= 0.3 is 0 Å². The number of para-hydroxylation sites is 1. The lowest BCUT2D eigenvalue weighted by Gasteiger charge is -2.18. The lowest BCUT2D eigenvalue weighted by atomic mass is 10.1. The molecule has 3 rings (SSSR count). The Labute approximate surface area is 160 Å². The Hall–Kier alpha value is -2.79. The van der Waals surface area contributed by atoms with Gasteiger partial charge < -0.3 is 19.2 Å². The number of aryl methyl sites for hydroxylation is 1. The van der Waals surface area contributed by atoms with Crippen LogP contribution in [0.15, 0.2) is 60.9 Å². The van der Waals surface area contributed by atoms with E-state index in [0.717, 1.165) is 35.7 Å². The minimum atomic E-state index is -0.0558. The second kappa shape index (κ2) is 9.78. The molecule has 1 aromatic heterocycles. The Bertz CT molecular complexity index is 801. The summed E-state index contributed by atoms with van der Waals surface area (Å²) in [5.74, 6) is 2.69. The van der Waals surface area contributed by atoms with Crippen LogP contribution in [0.4, 0.5) is 0 Å². The number of ether oxygens (including phenoxy) is 3. The van der Waals surface area contributed by atoms with E-state index >= 15 is 0 Å². The molecule has 3 aromatic rings. The quantitative estimate of drug-likeness (QED) is 0.542. The fourth-order valence-electron chi connectivity index (χ4n) is 3.07. The normalized spacial score (nSPS) is 11.9. The van der Waals surface area contributed by atoms with E-state index in [1.807, 2.05) is 48.7 Å². The van der Waals surface area contributed by atoms with E-state index in [-0.39, 0.29) is 6.10 Å². The fraction of sp³-hybridized carbons (Fsp3) is 0.318. The first kappa shape index (κ1) is 19.0. The van der Waals surface area contributed by atoms with Crippen LogP contribution in [0.25, 0.3) is 0 Å². The zero-order valence-electron chi connectivity index (χ0n) is 15.9. The molecule has 0 spiro atoms. The third kappa shape index (κ3) is 5.34. The lowest BCUT2D eigenvalue weighted by Crippen LogP contribution is -2.10. The summed E-state index contributed by atoms with van der Waals surface area (Å²) in [5.41, 5.74) is 2.32. The molecule has 5 heteroatoms. The molecule has 142 valence electrons. The number of rotatable bonds is 10. The third-order valence-electron chi connectivity index (χ3n) is 4.52. The van der Waals surface area contributed by atoms with Crippen LogP contribution in [0.3, 0.4) is 0 Å². The molecule has 27 heavy (non-hydrogen) atoms. The van der Waals surface area contributed by atoms with Gasteiger partial charge in [-0.05, 0) is 42.2 Å². The van der Waals surface area contributed by atoms with Crippen molar-refractivity contribution in [2.24, 2.45) is 0 Å². The highest BCUT2D eigenvalue weighted by molar-refractivity contribution is 5.33. The van der Waals surface area contributed by atoms with Gasteiger partial charge in [-0.1, -0.05) is 30.3 Å². The topological polar surface area (TPSA) is 56.4 Å². The predicted octanol–water partition coefficient (Wildman–Crippen LogP) is 4.36. The molecule has 0 amide bonds. The van der Waals surface area contributed by atoms with E-state index in [1.165, 1.54) is 5.56 Å². The molecular weight excluding hydrogens is 340 g/mol. The first-order valence-corrected chi connectivity index (χ1v) is 9.16. The summed E-state index contributed by atoms with van der Waals surface area (Å²) in [6.07, 6.45) is 6.09. The Balaban J connectivity index is 1.60. The van der Waals surface area contributed by atoms with Crippen LogP contribution in [-0.2, 0) is 17.6 Å². The largest absolute Gasteiger partial charge is 0.497 e. The first-order valence-electron chi connectivity index (χ1n) is 9.16. The average molecular weight is 366 g/mol. The molecule has 1 unspecified atom stereocenters. The van der Waals surface area contributed by atoms with Gasteiger partial charge in [0.05, 0.1) is 20.3 Å². The third-order valence-corrected chi connectivity index (χ3v) is 4.52. The maximum absolute atomic E-state index is 6.23. The Morgan fingerprint density at radius 2 is 1.81 bits per heavy atom. The Kier molecular flexibility index (Phi) is 6.88. The highest BCUT2D eigenvalue weighted by atomic mass is 16.5. The molecule has 0 aliphatic heterocycles. The van der Waals surface area contributed by atoms with Crippen LogP contribution in [0.5, 0.6) is 11.5 Å². The Morgan fingerprint density at radius 1 is 1.00 bits per heavy atom. The molecule has 5 nitrogen and oxygen atoms in total. The summed E-state index contributed by atoms with van der Waals surface area (Å²) in [6, 6.07) is 16.1. The van der Waals surface area contributed by atoms with Gasteiger partial charge in [0.1, 0.15) is 17.3 Å². The maximum atomic E-state index is 6.23. The smallest absolute Gasteiger partial charge is 0.122 e. The molecule has 1 heterocycles. The molecule has 0 saturated carbocycles. The minimum absolute atomic E-state index is 0.0558. The number of imidazole rings is 1. The predicted molar refractivity (Wildman–Crippen MR) is 105 cm³/mol. The van der Waals surface area contributed by atoms with E-state index in [9.17, 15) is 0 Å². The first-order chi connectivity index (χ1) is 13.3. The van der Waals surface area contributed by atoms with Crippen molar-refractivity contribution in [2.45, 2.75) is 25.4 Å². The maximum Gasteiger partial charge on any atom is 0.122 e. The van der Waals surface area contributed by atoms with E-state index in [4.69, 9.17) is 14.2 Å². The molecule has 1 atom stereocenters. The molecule has 0 fully saturated rings. The number of hydrogen-bond donors (Lipinski definition) is 1. The fourth-order valence-corrected chi connectivity index (χ4v) is 3.07. The molecule has 1 N–H and O–H groups in total. The molecule has 0 bridgehead atoms. The zero-order valence-corrected chi connectivity index (χ0v) is 15.9. The lowest BCUT2D eigenvalue weighted by molar-refractivity contribution is 0.0500. The van der Waals surface area contributed by atoms with Crippen molar-refractivity contribution in [2.75, 3.05) is 20.8 Å². The van der Waals surface area contributed by atoms with E-state index in [2.05, 4.69) is 16.0 Å². The van der Waals surface area contributed by atoms with Gasteiger partial charge in [-0.15, -0.1) is 0 Å². The van der Waals surface area contributed by atoms with Gasteiger partial charge in [-0.25, -0.2) is 4.98 Å². The van der Waals surface area contributed by atoms with Crippen molar-refractivity contribution in [1.82, 2.24) is 9.97 Å². The van der Waals surface area contributed by atoms with Gasteiger partial charge in [0.15, 0.2) is 0 Å². The van der Waals surface area contributed by atoms with Crippen LogP contribution in [0.1, 0.15) is 29.5 Å². The van der Waals surface area contributed by atoms with E-state index in [1.54, 1.807) is 20.4 Å². The van der Waals surface area contributed by atoms with Crippen LogP contribution in [0, 0.1) is 0 Å². The monoisotopic (exact) mass is 366 g/mol. The van der Waals surface area contributed by atoms with Gasteiger partial charge in [0, 0.05) is 25.4 Å². The van der Waals surface area contributed by atoms with Crippen LogP contribution in [0.2, 0.25) is 0 Å². The van der Waals surface area contributed by atoms with Crippen LogP contribution >= 0.6 is 0 Å². The standard InChI is InChI=1S/C22H26N2O3/c1-25-19-11-9-18(10-12-19)21(16-22-23-13-14-24-22)27-15-5-7-17-6-3-4-8-20(17)26-2/h3-4,6,8-14,21H,5,7,15-16H2,1-2H3,(H,23,24). The van der Waals surface area contributed by atoms with Gasteiger partial charge in [0.25, 0.3) is 0 Å². The summed E-state index contributed by atoms with van der Waals surface area (Å²) in [7, 11) is 3.38. The Morgan fingerprint density at radius 3 is 2.52 bits per heavy atom. The zero-order chi connectivity index (χ0) is 18.9. The van der Waals surface area contributed by atoms with Crippen molar-refractivity contribution < 1.29 is 14.2 Å². The van der Waals surface area contributed by atoms with Gasteiger partial charge in [0.2, 0.25) is 0 Å². The summed E-state index contributed by atoms with van der Waals surface area (Å²) in [5, 5.41) is 0. The second-order valence-corrected chi connectivity index (χ2v) is 6.29. The molecular formula is C22H26N2O3. The summed E-state index contributed by atoms with van der Waals surface area (Å²) in [4.78, 5) is 7.50. The van der Waals surface area contributed by atoms with E-state index in [0.29, 0.717) is 13.0 Å². The number of hydrogen-bond acceptors (Lipinski definition) is 4. The van der Waals surface area contributed by atoms with Gasteiger partial charge in [-0.3, -0.25) is 0 Å². The molecule has 0 saturated heterocycles. The minimum Gasteiger partial charge on any atom is -0.497 e. The van der Waals surface area contributed by atoms with Crippen LogP contribution in [-0.4, -0.2) is 30.8 Å². The van der Waals surface area contributed by atoms with Crippen molar-refractivity contribution in [3.05, 3.63) is 77.9 Å². The highest BCUT2D eigenvalue weighted by Crippen LogP contribution is 2.25. The number of methoxy groups -OCH3 is 2. The van der Waals surface area contributed by atoms with Crippen molar-refractivity contribution >= 4 is 0 Å². The van der Waals surface area contributed by atoms with Gasteiger partial charge in [-0.2, -0.15) is 0 Å². The summed E-state index contributed by atoms with van der Waals surface area (Å²) < 4.78 is 16.9. The van der Waals surface area contributed by atoms with Crippen molar-refractivity contribution in [3.63, 3.8) is 0 Å². The second-order valence-electron chi connectivity index (χ2n) is 6.29. The van der Waals surface area contributed by atoms with Crippen molar-refractivity contribution in [1.29, 1.82) is 0 Å². The number of H-pyrrole nitrogens is 1. The summed E-state index contributed by atoms with van der Waals surface area (Å²) in [6.45, 7) is 0.662. The molecule has 0 radical (unpaired) electrons. The number of aromatic amines is 1. The molecule has 2 aromatic carbocycles. The molecule has 0 aliphatic rings. The van der Waals surface area contributed by atoms with Crippen LogP contribution < -0.4 is 9.47 Å². The molecule has 0 aliphatic carbocycles.